The summed E-state index contributed by atoms with van der Waals surface area (Å²) in [7, 11) is 1.72. The van der Waals surface area contributed by atoms with Crippen LogP contribution in [-0.2, 0) is 4.74 Å². The first-order valence-electron chi connectivity index (χ1n) is 6.48. The molecule has 1 N–H and O–H groups in total. The summed E-state index contributed by atoms with van der Waals surface area (Å²) in [5.74, 6) is -0.428. The minimum Gasteiger partial charge on any atom is -0.381 e. The minimum atomic E-state index is -0.428. The molecule has 0 aliphatic heterocycles. The monoisotopic (exact) mass is 314 g/mol. The maximum absolute atomic E-state index is 13.7. The van der Waals surface area contributed by atoms with Crippen LogP contribution in [0.2, 0.25) is 5.02 Å². The number of hydrogen-bond donors (Lipinski definition) is 1. The summed E-state index contributed by atoms with van der Waals surface area (Å²) in [6.45, 7) is 4.28. The third-order valence-corrected chi connectivity index (χ3v) is 5.07. The van der Waals surface area contributed by atoms with Gasteiger partial charge in [0.25, 0.3) is 0 Å². The van der Waals surface area contributed by atoms with Crippen LogP contribution in [0.5, 0.6) is 0 Å². The number of H-pyrrole nitrogens is 1. The van der Waals surface area contributed by atoms with Crippen LogP contribution in [0.3, 0.4) is 0 Å². The Labute approximate surface area is 126 Å². The van der Waals surface area contributed by atoms with Crippen molar-refractivity contribution in [1.29, 1.82) is 0 Å². The molecule has 0 radical (unpaired) electrons. The lowest BCUT2D eigenvalue weighted by Crippen LogP contribution is -2.51. The second-order valence-corrected chi connectivity index (χ2v) is 6.67. The Morgan fingerprint density at radius 1 is 1.50 bits per heavy atom. The predicted octanol–water partition coefficient (Wildman–Crippen LogP) is 4.48. The fourth-order valence-electron chi connectivity index (χ4n) is 3.13. The van der Waals surface area contributed by atoms with Crippen molar-refractivity contribution in [1.82, 2.24) is 9.55 Å². The zero-order valence-corrected chi connectivity index (χ0v) is 13.1. The number of benzene rings is 1. The Bertz CT molecular complexity index is 737. The largest absolute Gasteiger partial charge is 0.381 e. The van der Waals surface area contributed by atoms with Crippen LogP contribution in [-0.4, -0.2) is 22.8 Å². The van der Waals surface area contributed by atoms with E-state index in [9.17, 15) is 4.39 Å². The molecule has 1 aromatic carbocycles. The molecule has 3 nitrogen and oxygen atoms in total. The van der Waals surface area contributed by atoms with E-state index < -0.39 is 5.82 Å². The normalized spacial score (nSPS) is 24.9. The number of imidazole rings is 1. The first kappa shape index (κ1) is 14.0. The summed E-state index contributed by atoms with van der Waals surface area (Å²) in [6.07, 6.45) is 1.06. The first-order chi connectivity index (χ1) is 9.36. The predicted molar refractivity (Wildman–Crippen MR) is 80.3 cm³/mol. The van der Waals surface area contributed by atoms with Crippen molar-refractivity contribution < 1.29 is 9.13 Å². The molecule has 1 aliphatic rings. The Morgan fingerprint density at radius 2 is 2.20 bits per heavy atom. The van der Waals surface area contributed by atoms with Crippen LogP contribution in [0.25, 0.3) is 11.0 Å². The highest BCUT2D eigenvalue weighted by Gasteiger charge is 2.50. The molecule has 2 aromatic rings. The Morgan fingerprint density at radius 3 is 2.80 bits per heavy atom. The molecule has 1 saturated carbocycles. The quantitative estimate of drug-likeness (QED) is 0.828. The summed E-state index contributed by atoms with van der Waals surface area (Å²) in [5.41, 5.74) is 1.47. The average Bonchev–Trinajstić information content (AvgIpc) is 2.66. The number of nitrogens with one attached hydrogen (secondary N) is 1. The standard InChI is InChI=1S/C14H16ClFN2OS/c1-14(2)11(6-12(14)19-3)18-10-5-8(16)7(15)4-9(10)17-13(18)20/h4-5,11-12H,6H2,1-3H3,(H,17,20). The van der Waals surface area contributed by atoms with Gasteiger partial charge in [0.05, 0.1) is 22.2 Å². The molecule has 1 fully saturated rings. The number of fused-ring (bicyclic) bond motifs is 1. The molecule has 2 atom stereocenters. The van der Waals surface area contributed by atoms with E-state index in [-0.39, 0.29) is 22.6 Å². The van der Waals surface area contributed by atoms with Crippen LogP contribution < -0.4 is 0 Å². The van der Waals surface area contributed by atoms with E-state index in [2.05, 4.69) is 18.8 Å². The number of rotatable bonds is 2. The molecule has 0 spiro atoms. The molecule has 0 bridgehead atoms. The van der Waals surface area contributed by atoms with E-state index in [1.807, 2.05) is 4.57 Å². The topological polar surface area (TPSA) is 29.9 Å². The molecule has 108 valence electrons. The molecule has 1 aliphatic carbocycles. The van der Waals surface area contributed by atoms with E-state index in [0.717, 1.165) is 17.5 Å². The van der Waals surface area contributed by atoms with Gasteiger partial charge in [0.2, 0.25) is 0 Å². The molecule has 1 aromatic heterocycles. The first-order valence-corrected chi connectivity index (χ1v) is 7.27. The molecule has 2 unspecified atom stereocenters. The van der Waals surface area contributed by atoms with Gasteiger partial charge in [-0.2, -0.15) is 0 Å². The lowest BCUT2D eigenvalue weighted by molar-refractivity contribution is -0.111. The van der Waals surface area contributed by atoms with E-state index in [1.54, 1.807) is 13.2 Å². The summed E-state index contributed by atoms with van der Waals surface area (Å²) in [6, 6.07) is 3.22. The van der Waals surface area contributed by atoms with Gasteiger partial charge in [-0.3, -0.25) is 0 Å². The molecule has 20 heavy (non-hydrogen) atoms. The summed E-state index contributed by atoms with van der Waals surface area (Å²) in [5, 5.41) is 0.100. The molecular weight excluding hydrogens is 299 g/mol. The van der Waals surface area contributed by atoms with Gasteiger partial charge in [0.1, 0.15) is 5.82 Å². The van der Waals surface area contributed by atoms with E-state index in [4.69, 9.17) is 28.6 Å². The van der Waals surface area contributed by atoms with Gasteiger partial charge < -0.3 is 14.3 Å². The third-order valence-electron chi connectivity index (χ3n) is 4.48. The van der Waals surface area contributed by atoms with Crippen LogP contribution >= 0.6 is 23.8 Å². The number of halogens is 2. The second-order valence-electron chi connectivity index (χ2n) is 5.88. The fourth-order valence-corrected chi connectivity index (χ4v) is 3.63. The van der Waals surface area contributed by atoms with Crippen LogP contribution in [0, 0.1) is 16.0 Å². The van der Waals surface area contributed by atoms with Crippen molar-refractivity contribution in [2.45, 2.75) is 32.4 Å². The van der Waals surface area contributed by atoms with E-state index >= 15 is 0 Å². The lowest BCUT2D eigenvalue weighted by atomic mass is 9.64. The zero-order valence-electron chi connectivity index (χ0n) is 11.5. The van der Waals surface area contributed by atoms with E-state index in [1.165, 1.54) is 6.07 Å². The number of aromatic amines is 1. The third kappa shape index (κ3) is 1.84. The summed E-state index contributed by atoms with van der Waals surface area (Å²) < 4.78 is 21.8. The van der Waals surface area contributed by atoms with Crippen molar-refractivity contribution >= 4 is 34.9 Å². The zero-order chi connectivity index (χ0) is 14.7. The number of methoxy groups -OCH3 is 1. The highest BCUT2D eigenvalue weighted by Crippen LogP contribution is 2.52. The highest BCUT2D eigenvalue weighted by atomic mass is 35.5. The Kier molecular flexibility index (Phi) is 3.19. The van der Waals surface area contributed by atoms with Crippen molar-refractivity contribution in [2.75, 3.05) is 7.11 Å². The number of aromatic nitrogens is 2. The van der Waals surface area contributed by atoms with Crippen molar-refractivity contribution in [3.8, 4) is 0 Å². The van der Waals surface area contributed by atoms with Gasteiger partial charge in [0, 0.05) is 24.6 Å². The number of hydrogen-bond acceptors (Lipinski definition) is 2. The number of ether oxygens (including phenoxy) is 1. The van der Waals surface area contributed by atoms with Crippen LogP contribution in [0.1, 0.15) is 26.3 Å². The van der Waals surface area contributed by atoms with Gasteiger partial charge in [-0.25, -0.2) is 4.39 Å². The molecular formula is C14H16ClFN2OS. The molecule has 6 heteroatoms. The second kappa shape index (κ2) is 4.55. The lowest BCUT2D eigenvalue weighted by Gasteiger charge is -2.51. The van der Waals surface area contributed by atoms with Gasteiger partial charge in [-0.15, -0.1) is 0 Å². The van der Waals surface area contributed by atoms with E-state index in [0.29, 0.717) is 4.77 Å². The summed E-state index contributed by atoms with van der Waals surface area (Å²) in [4.78, 5) is 3.10. The van der Waals surface area contributed by atoms with Crippen molar-refractivity contribution in [2.24, 2.45) is 5.41 Å². The fraction of sp³-hybridized carbons (Fsp3) is 0.500. The number of nitrogens with zero attached hydrogens (tertiary/aromatic N) is 1. The van der Waals surface area contributed by atoms with Crippen molar-refractivity contribution in [3.05, 3.63) is 27.7 Å². The van der Waals surface area contributed by atoms with Crippen LogP contribution in [0.4, 0.5) is 4.39 Å². The van der Waals surface area contributed by atoms with Gasteiger partial charge in [-0.05, 0) is 24.7 Å². The van der Waals surface area contributed by atoms with Crippen LogP contribution in [0.15, 0.2) is 12.1 Å². The summed E-state index contributed by atoms with van der Waals surface area (Å²) >= 11 is 11.2. The van der Waals surface area contributed by atoms with Gasteiger partial charge in [0.15, 0.2) is 4.77 Å². The molecule has 0 saturated heterocycles. The maximum atomic E-state index is 13.7. The average molecular weight is 315 g/mol. The Hall–Kier alpha value is -0.910. The molecule has 0 amide bonds. The highest BCUT2D eigenvalue weighted by molar-refractivity contribution is 7.71. The Balaban J connectivity index is 2.16. The SMILES string of the molecule is COC1CC(n2c(=S)[nH]c3cc(Cl)c(F)cc32)C1(C)C. The molecule has 1 heterocycles. The van der Waals surface area contributed by atoms with Gasteiger partial charge >= 0.3 is 0 Å². The smallest absolute Gasteiger partial charge is 0.178 e. The van der Waals surface area contributed by atoms with Gasteiger partial charge in [-0.1, -0.05) is 25.4 Å². The minimum absolute atomic E-state index is 0.0434. The molecule has 3 rings (SSSR count). The maximum Gasteiger partial charge on any atom is 0.178 e. The van der Waals surface area contributed by atoms with Crippen molar-refractivity contribution in [3.63, 3.8) is 0 Å².